The van der Waals surface area contributed by atoms with Gasteiger partial charge in [0.25, 0.3) is 0 Å². The minimum absolute atomic E-state index is 0.202. The average molecular weight is 517 g/mol. The highest BCUT2D eigenvalue weighted by Gasteiger charge is 2.17. The van der Waals surface area contributed by atoms with Gasteiger partial charge in [-0.25, -0.2) is 19.2 Å². The maximum Gasteiger partial charge on any atom is 0.343 e. The number of carbonyl (C=O) groups is 4. The summed E-state index contributed by atoms with van der Waals surface area (Å²) in [6, 6.07) is 23.3. The van der Waals surface area contributed by atoms with Gasteiger partial charge in [0.2, 0.25) is 0 Å². The van der Waals surface area contributed by atoms with Crippen LogP contribution >= 0.6 is 11.6 Å². The number of benzene rings is 4. The van der Waals surface area contributed by atoms with Gasteiger partial charge in [-0.05, 0) is 71.8 Å². The third kappa shape index (κ3) is 6.01. The molecule has 2 N–H and O–H groups in total. The molecule has 4 aliphatic rings. The third-order valence-electron chi connectivity index (χ3n) is 5.27. The van der Waals surface area contributed by atoms with E-state index in [1.165, 1.54) is 66.7 Å². The number of ether oxygens (including phenoxy) is 2. The second-order valence-corrected chi connectivity index (χ2v) is 8.12. The molecule has 4 aliphatic heterocycles. The van der Waals surface area contributed by atoms with Gasteiger partial charge >= 0.3 is 23.9 Å². The average Bonchev–Trinajstić information content (AvgIpc) is 2.90. The first-order chi connectivity index (χ1) is 17.7. The Morgan fingerprint density at radius 2 is 0.973 bits per heavy atom. The van der Waals surface area contributed by atoms with Gasteiger partial charge in [0.1, 0.15) is 11.5 Å². The standard InChI is InChI=1S/C14H7ClO4.C14H10O4/c15-11-7-10-5-6-12(11)19-14(17)9-3-1-8(2-4-9)13(16)18-10;15-13(16)11-5-1-9(2-6-11)10-3-7-12(8-4-10)14(17)18/h1-7H;1-8H,(H,15,16)(H,17,18). The summed E-state index contributed by atoms with van der Waals surface area (Å²) in [5.74, 6) is -2.47. The van der Waals surface area contributed by atoms with E-state index < -0.39 is 23.9 Å². The van der Waals surface area contributed by atoms with E-state index in [4.69, 9.17) is 31.3 Å². The van der Waals surface area contributed by atoms with E-state index in [1.807, 2.05) is 0 Å². The molecule has 4 aromatic rings. The maximum atomic E-state index is 11.9. The number of esters is 2. The summed E-state index contributed by atoms with van der Waals surface area (Å²) in [4.78, 5) is 45.1. The van der Waals surface area contributed by atoms with Gasteiger partial charge in [-0.2, -0.15) is 0 Å². The number of hydrogen-bond donors (Lipinski definition) is 2. The number of carboxylic acid groups (broad SMARTS) is 2. The van der Waals surface area contributed by atoms with Crippen molar-refractivity contribution in [2.24, 2.45) is 0 Å². The highest BCUT2D eigenvalue weighted by molar-refractivity contribution is 6.32. The summed E-state index contributed by atoms with van der Waals surface area (Å²) >= 11 is 5.96. The Balaban J connectivity index is 0.000000173. The van der Waals surface area contributed by atoms with Crippen molar-refractivity contribution in [2.75, 3.05) is 0 Å². The van der Waals surface area contributed by atoms with E-state index in [0.717, 1.165) is 11.1 Å². The summed E-state index contributed by atoms with van der Waals surface area (Å²) in [6.07, 6.45) is 0. The highest BCUT2D eigenvalue weighted by Crippen LogP contribution is 2.30. The molecule has 0 fully saturated rings. The summed E-state index contributed by atoms with van der Waals surface area (Å²) in [5, 5.41) is 17.8. The van der Waals surface area contributed by atoms with Gasteiger partial charge in [-0.1, -0.05) is 35.9 Å². The van der Waals surface area contributed by atoms with Crippen LogP contribution in [0.1, 0.15) is 41.4 Å². The predicted octanol–water partition coefficient (Wildman–Crippen LogP) is 5.84. The van der Waals surface area contributed by atoms with Gasteiger partial charge in [-0.3, -0.25) is 0 Å². The molecule has 0 aliphatic carbocycles. The summed E-state index contributed by atoms with van der Waals surface area (Å²) in [7, 11) is 0. The van der Waals surface area contributed by atoms with Crippen LogP contribution in [0.5, 0.6) is 11.5 Å². The molecule has 0 spiro atoms. The van der Waals surface area contributed by atoms with Crippen molar-refractivity contribution in [1.29, 1.82) is 0 Å². The zero-order valence-corrected chi connectivity index (χ0v) is 19.6. The second kappa shape index (κ2) is 10.8. The largest absolute Gasteiger partial charge is 0.478 e. The minimum Gasteiger partial charge on any atom is -0.478 e. The van der Waals surface area contributed by atoms with Crippen molar-refractivity contribution >= 4 is 35.5 Å². The number of rotatable bonds is 3. The molecular weight excluding hydrogens is 500 g/mol. The van der Waals surface area contributed by atoms with Crippen molar-refractivity contribution in [2.45, 2.75) is 0 Å². The van der Waals surface area contributed by atoms with Crippen molar-refractivity contribution in [3.8, 4) is 22.6 Å². The lowest BCUT2D eigenvalue weighted by molar-refractivity contribution is 0.0686. The maximum absolute atomic E-state index is 11.9. The summed E-state index contributed by atoms with van der Waals surface area (Å²) < 4.78 is 10.3. The van der Waals surface area contributed by atoms with E-state index in [2.05, 4.69) is 0 Å². The van der Waals surface area contributed by atoms with E-state index in [1.54, 1.807) is 24.3 Å². The fourth-order valence-corrected chi connectivity index (χ4v) is 3.51. The fraction of sp³-hybridized carbons (Fsp3) is 0. The molecule has 0 unspecified atom stereocenters. The Kier molecular flexibility index (Phi) is 7.31. The monoisotopic (exact) mass is 516 g/mol. The Hall–Kier alpha value is -4.95. The van der Waals surface area contributed by atoms with E-state index in [9.17, 15) is 19.2 Å². The van der Waals surface area contributed by atoms with Gasteiger partial charge in [-0.15, -0.1) is 0 Å². The van der Waals surface area contributed by atoms with E-state index in [-0.39, 0.29) is 21.9 Å². The normalized spacial score (nSPS) is 11.8. The molecule has 4 bridgehead atoms. The predicted molar refractivity (Wildman–Crippen MR) is 134 cm³/mol. The van der Waals surface area contributed by atoms with Gasteiger partial charge in [0, 0.05) is 6.07 Å². The highest BCUT2D eigenvalue weighted by atomic mass is 35.5. The Morgan fingerprint density at radius 3 is 1.38 bits per heavy atom. The summed E-state index contributed by atoms with van der Waals surface area (Å²) in [6.45, 7) is 0. The molecule has 4 heterocycles. The molecule has 0 aromatic heterocycles. The SMILES string of the molecule is O=C(O)c1ccc(-c2ccc(C(=O)O)cc2)cc1.O=C1Oc2ccc(c(Cl)c2)OC(=O)c2ccc1cc2. The molecule has 37 heavy (non-hydrogen) atoms. The second-order valence-electron chi connectivity index (χ2n) is 7.71. The molecule has 0 atom stereocenters. The molecular formula is C28H17ClO8. The zero-order chi connectivity index (χ0) is 26.5. The van der Waals surface area contributed by atoms with Crippen LogP contribution in [0.2, 0.25) is 5.02 Å². The molecule has 8 nitrogen and oxygen atoms in total. The summed E-state index contributed by atoms with van der Waals surface area (Å²) in [5.41, 5.74) is 2.81. The van der Waals surface area contributed by atoms with Crippen LogP contribution in [-0.2, 0) is 0 Å². The molecule has 0 saturated heterocycles. The molecule has 9 heteroatoms. The number of carboxylic acids is 2. The van der Waals surface area contributed by atoms with Crippen LogP contribution < -0.4 is 9.47 Å². The van der Waals surface area contributed by atoms with Crippen LogP contribution in [0.15, 0.2) is 91.0 Å². The molecule has 0 radical (unpaired) electrons. The fourth-order valence-electron chi connectivity index (χ4n) is 3.31. The third-order valence-corrected chi connectivity index (χ3v) is 5.57. The van der Waals surface area contributed by atoms with Crippen molar-refractivity contribution < 1.29 is 38.9 Å². The lowest BCUT2D eigenvalue weighted by Crippen LogP contribution is -2.13. The van der Waals surface area contributed by atoms with Crippen LogP contribution in [-0.4, -0.2) is 34.1 Å². The molecule has 0 saturated carbocycles. The number of halogens is 1. The lowest BCUT2D eigenvalue weighted by atomic mass is 10.0. The van der Waals surface area contributed by atoms with Crippen LogP contribution in [0.4, 0.5) is 0 Å². The van der Waals surface area contributed by atoms with Crippen LogP contribution in [0.3, 0.4) is 0 Å². The van der Waals surface area contributed by atoms with Gasteiger partial charge < -0.3 is 19.7 Å². The van der Waals surface area contributed by atoms with Crippen LogP contribution in [0, 0.1) is 0 Å². The molecule has 8 rings (SSSR count). The first kappa shape index (κ1) is 25.2. The molecule has 4 aromatic carbocycles. The van der Waals surface area contributed by atoms with Gasteiger partial charge in [0.05, 0.1) is 27.3 Å². The minimum atomic E-state index is -0.970. The first-order valence-electron chi connectivity index (χ1n) is 10.7. The molecule has 184 valence electrons. The van der Waals surface area contributed by atoms with Crippen molar-refractivity contribution in [3.63, 3.8) is 0 Å². The van der Waals surface area contributed by atoms with E-state index >= 15 is 0 Å². The van der Waals surface area contributed by atoms with Crippen molar-refractivity contribution in [3.05, 3.63) is 118 Å². The zero-order valence-electron chi connectivity index (χ0n) is 18.9. The Morgan fingerprint density at radius 1 is 0.568 bits per heavy atom. The van der Waals surface area contributed by atoms with Crippen LogP contribution in [0.25, 0.3) is 11.1 Å². The smallest absolute Gasteiger partial charge is 0.343 e. The molecule has 0 amide bonds. The number of hydrogen-bond acceptors (Lipinski definition) is 6. The Labute approximate surface area is 215 Å². The quantitative estimate of drug-likeness (QED) is 0.257. The lowest BCUT2D eigenvalue weighted by Gasteiger charge is -2.11. The topological polar surface area (TPSA) is 127 Å². The number of aromatic carboxylic acids is 2. The Bertz CT molecular complexity index is 1440. The first-order valence-corrected chi connectivity index (χ1v) is 11.1. The number of carbonyl (C=O) groups excluding carboxylic acids is 2. The van der Waals surface area contributed by atoms with E-state index in [0.29, 0.717) is 16.9 Å². The van der Waals surface area contributed by atoms with Crippen molar-refractivity contribution in [1.82, 2.24) is 0 Å². The van der Waals surface area contributed by atoms with Gasteiger partial charge in [0.15, 0.2) is 0 Å².